The predicted molar refractivity (Wildman–Crippen MR) is 112 cm³/mol. The maximum absolute atomic E-state index is 13.1. The van der Waals surface area contributed by atoms with Crippen molar-refractivity contribution in [3.05, 3.63) is 0 Å². The molecule has 4 nitrogen and oxygen atoms in total. The van der Waals surface area contributed by atoms with E-state index in [-0.39, 0.29) is 29.9 Å². The topological polar surface area (TPSA) is 52.6 Å². The molecule has 5 aliphatic rings. The highest BCUT2D eigenvalue weighted by atomic mass is 16.5. The van der Waals surface area contributed by atoms with Crippen molar-refractivity contribution in [3.63, 3.8) is 0 Å². The van der Waals surface area contributed by atoms with Crippen LogP contribution in [0.1, 0.15) is 96.8 Å². The number of carbonyl (C=O) groups is 2. The normalized spacial score (nSPS) is 38.0. The van der Waals surface area contributed by atoms with Crippen molar-refractivity contribution in [2.24, 2.45) is 35.5 Å². The maximum Gasteiger partial charge on any atom is 0.310 e. The minimum Gasteiger partial charge on any atom is -0.465 e. The first kappa shape index (κ1) is 21.2. The summed E-state index contributed by atoms with van der Waals surface area (Å²) < 4.78 is 11.8. The number of hydrogen-bond donors (Lipinski definition) is 0. The summed E-state index contributed by atoms with van der Waals surface area (Å²) in [5, 5.41) is 0. The van der Waals surface area contributed by atoms with Gasteiger partial charge in [-0.15, -0.1) is 0 Å². The van der Waals surface area contributed by atoms with Gasteiger partial charge in [0.2, 0.25) is 0 Å². The van der Waals surface area contributed by atoms with Gasteiger partial charge in [0.1, 0.15) is 6.10 Å². The van der Waals surface area contributed by atoms with E-state index in [9.17, 15) is 9.59 Å². The van der Waals surface area contributed by atoms with Crippen LogP contribution in [0.5, 0.6) is 0 Å². The number of carbonyl (C=O) groups excluding carboxylic acids is 2. The number of esters is 2. The lowest BCUT2D eigenvalue weighted by Gasteiger charge is -2.53. The van der Waals surface area contributed by atoms with E-state index in [1.54, 1.807) is 0 Å². The fourth-order valence-corrected chi connectivity index (χ4v) is 6.97. The molecule has 0 aromatic carbocycles. The second kappa shape index (κ2) is 9.83. The lowest BCUT2D eigenvalue weighted by molar-refractivity contribution is -0.181. The van der Waals surface area contributed by atoms with Crippen LogP contribution >= 0.6 is 0 Å². The van der Waals surface area contributed by atoms with Crippen LogP contribution in [0.25, 0.3) is 0 Å². The van der Waals surface area contributed by atoms with Crippen molar-refractivity contribution in [2.45, 2.75) is 103 Å². The van der Waals surface area contributed by atoms with Crippen LogP contribution < -0.4 is 0 Å². The smallest absolute Gasteiger partial charge is 0.310 e. The van der Waals surface area contributed by atoms with Crippen LogP contribution in [-0.4, -0.2) is 24.6 Å². The summed E-state index contributed by atoms with van der Waals surface area (Å²) in [6.07, 6.45) is 15.8. The van der Waals surface area contributed by atoms with Crippen molar-refractivity contribution in [3.8, 4) is 0 Å². The Labute approximate surface area is 176 Å². The summed E-state index contributed by atoms with van der Waals surface area (Å²) in [5.74, 6) is 2.07. The quantitative estimate of drug-likeness (QED) is 0.367. The van der Waals surface area contributed by atoms with E-state index >= 15 is 0 Å². The van der Waals surface area contributed by atoms with Gasteiger partial charge in [-0.25, -0.2) is 0 Å². The number of ether oxygens (including phenoxy) is 2. The summed E-state index contributed by atoms with van der Waals surface area (Å²) in [7, 11) is 0. The number of rotatable bonds is 9. The van der Waals surface area contributed by atoms with Gasteiger partial charge >= 0.3 is 11.9 Å². The molecule has 29 heavy (non-hydrogen) atoms. The van der Waals surface area contributed by atoms with Crippen LogP contribution in [0, 0.1) is 35.5 Å². The fraction of sp³-hybridized carbons (Fsp3) is 0.920. The summed E-state index contributed by atoms with van der Waals surface area (Å²) in [6.45, 7) is 2.70. The molecule has 2 atom stereocenters. The van der Waals surface area contributed by atoms with Gasteiger partial charge in [-0.2, -0.15) is 0 Å². The van der Waals surface area contributed by atoms with Crippen LogP contribution in [0.4, 0.5) is 0 Å². The molecule has 4 bridgehead atoms. The maximum atomic E-state index is 13.1. The SMILES string of the molecule is CCCCCCCOC(=O)C1CCCCC1C(=O)OC1C2CC3CC(C2)CC1C3. The molecular weight excluding hydrogens is 364 g/mol. The summed E-state index contributed by atoms with van der Waals surface area (Å²) >= 11 is 0. The molecule has 0 aromatic rings. The molecule has 0 saturated heterocycles. The zero-order valence-electron chi connectivity index (χ0n) is 18.3. The molecule has 4 heteroatoms. The lowest BCUT2D eigenvalue weighted by Crippen LogP contribution is -2.51. The molecule has 0 heterocycles. The van der Waals surface area contributed by atoms with Crippen molar-refractivity contribution >= 4 is 11.9 Å². The molecular formula is C25H40O4. The minimum atomic E-state index is -0.288. The van der Waals surface area contributed by atoms with Crippen LogP contribution in [0.15, 0.2) is 0 Å². The van der Waals surface area contributed by atoms with Gasteiger partial charge < -0.3 is 9.47 Å². The lowest BCUT2D eigenvalue weighted by atomic mass is 9.55. The second-order valence-corrected chi connectivity index (χ2v) is 10.4. The highest BCUT2D eigenvalue weighted by Gasteiger charge is 2.51. The van der Waals surface area contributed by atoms with Crippen LogP contribution in [0.2, 0.25) is 0 Å². The molecule has 164 valence electrons. The van der Waals surface area contributed by atoms with Gasteiger partial charge in [0.05, 0.1) is 18.4 Å². The van der Waals surface area contributed by atoms with Gasteiger partial charge in [-0.05, 0) is 75.0 Å². The molecule has 5 rings (SSSR count). The average molecular weight is 405 g/mol. The third-order valence-electron chi connectivity index (χ3n) is 8.26. The zero-order chi connectivity index (χ0) is 20.2. The Morgan fingerprint density at radius 2 is 1.34 bits per heavy atom. The van der Waals surface area contributed by atoms with E-state index in [0.29, 0.717) is 18.4 Å². The standard InChI is InChI=1S/C25H40O4/c1-2-3-4-5-8-11-28-24(26)21-9-6-7-10-22(21)25(27)29-23-19-13-17-12-18(15-19)16-20(23)14-17/h17-23H,2-16H2,1H3. The summed E-state index contributed by atoms with van der Waals surface area (Å²) in [4.78, 5) is 25.8. The van der Waals surface area contributed by atoms with Crippen molar-refractivity contribution in [1.29, 1.82) is 0 Å². The van der Waals surface area contributed by atoms with Gasteiger partial charge in [-0.1, -0.05) is 45.4 Å². The molecule has 0 amide bonds. The Kier molecular flexibility index (Phi) is 7.18. The third-order valence-corrected chi connectivity index (χ3v) is 8.26. The number of unbranched alkanes of at least 4 members (excludes halogenated alkanes) is 4. The molecule has 5 fully saturated rings. The first-order valence-corrected chi connectivity index (χ1v) is 12.5. The Balaban J connectivity index is 1.28. The van der Waals surface area contributed by atoms with Crippen molar-refractivity contribution in [2.75, 3.05) is 6.61 Å². The molecule has 5 saturated carbocycles. The van der Waals surface area contributed by atoms with E-state index in [2.05, 4.69) is 6.92 Å². The Morgan fingerprint density at radius 3 is 1.97 bits per heavy atom. The van der Waals surface area contributed by atoms with E-state index in [4.69, 9.17) is 9.47 Å². The molecule has 2 unspecified atom stereocenters. The highest BCUT2D eigenvalue weighted by molar-refractivity contribution is 5.82. The van der Waals surface area contributed by atoms with E-state index < -0.39 is 0 Å². The third kappa shape index (κ3) is 4.99. The van der Waals surface area contributed by atoms with Crippen LogP contribution in [0.3, 0.4) is 0 Å². The molecule has 0 aromatic heterocycles. The highest BCUT2D eigenvalue weighted by Crippen LogP contribution is 2.55. The minimum absolute atomic E-state index is 0.105. The summed E-state index contributed by atoms with van der Waals surface area (Å²) in [5.41, 5.74) is 0. The van der Waals surface area contributed by atoms with Crippen molar-refractivity contribution < 1.29 is 19.1 Å². The van der Waals surface area contributed by atoms with E-state index in [1.807, 2.05) is 0 Å². The molecule has 0 radical (unpaired) electrons. The van der Waals surface area contributed by atoms with Gasteiger partial charge in [0.25, 0.3) is 0 Å². The first-order chi connectivity index (χ1) is 14.2. The second-order valence-electron chi connectivity index (χ2n) is 10.4. The van der Waals surface area contributed by atoms with Gasteiger partial charge in [0, 0.05) is 0 Å². The largest absolute Gasteiger partial charge is 0.465 e. The van der Waals surface area contributed by atoms with E-state index in [1.165, 1.54) is 51.4 Å². The van der Waals surface area contributed by atoms with E-state index in [0.717, 1.165) is 50.4 Å². The fourth-order valence-electron chi connectivity index (χ4n) is 6.97. The molecule has 5 aliphatic carbocycles. The predicted octanol–water partition coefficient (Wildman–Crippen LogP) is 5.67. The first-order valence-electron chi connectivity index (χ1n) is 12.5. The van der Waals surface area contributed by atoms with Crippen molar-refractivity contribution in [1.82, 2.24) is 0 Å². The Morgan fingerprint density at radius 1 is 0.759 bits per heavy atom. The monoisotopic (exact) mass is 404 g/mol. The number of hydrogen-bond acceptors (Lipinski definition) is 4. The Bertz CT molecular complexity index is 543. The summed E-state index contributed by atoms with van der Waals surface area (Å²) in [6, 6.07) is 0. The molecule has 0 N–H and O–H groups in total. The van der Waals surface area contributed by atoms with Gasteiger partial charge in [0.15, 0.2) is 0 Å². The zero-order valence-corrected chi connectivity index (χ0v) is 18.3. The van der Waals surface area contributed by atoms with Gasteiger partial charge in [-0.3, -0.25) is 9.59 Å². The average Bonchev–Trinajstić information content (AvgIpc) is 2.72. The molecule has 0 spiro atoms. The Hall–Kier alpha value is -1.06. The molecule has 0 aliphatic heterocycles. The van der Waals surface area contributed by atoms with Crippen LogP contribution in [-0.2, 0) is 19.1 Å².